The van der Waals surface area contributed by atoms with Gasteiger partial charge in [0, 0.05) is 30.9 Å². The first-order valence-corrected chi connectivity index (χ1v) is 6.37. The zero-order valence-corrected chi connectivity index (χ0v) is 10.8. The number of anilines is 1. The van der Waals surface area contributed by atoms with Crippen LogP contribution in [-0.4, -0.2) is 29.9 Å². The Balaban J connectivity index is 2.93. The number of rotatable bonds is 7. The van der Waals surface area contributed by atoms with Gasteiger partial charge in [-0.05, 0) is 25.8 Å². The molecule has 0 spiro atoms. The van der Waals surface area contributed by atoms with E-state index in [1.54, 1.807) is 0 Å². The molecule has 0 aromatic heterocycles. The molecule has 1 rings (SSSR count). The van der Waals surface area contributed by atoms with E-state index in [0.29, 0.717) is 6.42 Å². The van der Waals surface area contributed by atoms with Crippen LogP contribution in [0.15, 0.2) is 24.3 Å². The molecule has 1 aromatic carbocycles. The van der Waals surface area contributed by atoms with Crippen molar-refractivity contribution in [3.63, 3.8) is 0 Å². The minimum Gasteiger partial charge on any atom is -0.396 e. The van der Waals surface area contributed by atoms with Crippen LogP contribution in [-0.2, 0) is 0 Å². The van der Waals surface area contributed by atoms with Gasteiger partial charge in [-0.1, -0.05) is 25.1 Å². The standard InChI is InChI=1S/C14H23NO2/c1-3-14(17)12-8-5-6-9-13(12)15(4-2)10-7-11-16/h5-6,8-9,14,16-17H,3-4,7,10-11H2,1-2H3. The topological polar surface area (TPSA) is 43.7 Å². The fraction of sp³-hybridized carbons (Fsp3) is 0.571. The van der Waals surface area contributed by atoms with Gasteiger partial charge >= 0.3 is 0 Å². The van der Waals surface area contributed by atoms with Crippen molar-refractivity contribution in [2.45, 2.75) is 32.8 Å². The molecule has 1 aromatic rings. The van der Waals surface area contributed by atoms with Crippen molar-refractivity contribution >= 4 is 5.69 Å². The fourth-order valence-electron chi connectivity index (χ4n) is 1.99. The third-order valence-corrected chi connectivity index (χ3v) is 2.99. The van der Waals surface area contributed by atoms with E-state index in [4.69, 9.17) is 5.11 Å². The van der Waals surface area contributed by atoms with Crippen LogP contribution < -0.4 is 4.90 Å². The first-order chi connectivity index (χ1) is 8.24. The molecule has 0 heterocycles. The molecule has 0 aliphatic carbocycles. The summed E-state index contributed by atoms with van der Waals surface area (Å²) in [6.07, 6.45) is 1.06. The Morgan fingerprint density at radius 2 is 1.94 bits per heavy atom. The predicted molar refractivity (Wildman–Crippen MR) is 71.3 cm³/mol. The largest absolute Gasteiger partial charge is 0.396 e. The molecule has 2 N–H and O–H groups in total. The molecule has 0 bridgehead atoms. The van der Waals surface area contributed by atoms with Crippen LogP contribution >= 0.6 is 0 Å². The normalized spacial score (nSPS) is 12.5. The van der Waals surface area contributed by atoms with Gasteiger partial charge in [0.1, 0.15) is 0 Å². The highest BCUT2D eigenvalue weighted by Crippen LogP contribution is 2.28. The quantitative estimate of drug-likeness (QED) is 0.765. The van der Waals surface area contributed by atoms with Gasteiger partial charge in [-0.15, -0.1) is 0 Å². The van der Waals surface area contributed by atoms with E-state index in [1.807, 2.05) is 31.2 Å². The highest BCUT2D eigenvalue weighted by Gasteiger charge is 2.13. The van der Waals surface area contributed by atoms with Gasteiger partial charge in [-0.2, -0.15) is 0 Å². The zero-order chi connectivity index (χ0) is 12.7. The first kappa shape index (κ1) is 14.0. The Hall–Kier alpha value is -1.06. The maximum atomic E-state index is 10.0. The monoisotopic (exact) mass is 237 g/mol. The third kappa shape index (κ3) is 3.72. The smallest absolute Gasteiger partial charge is 0.0807 e. The molecule has 0 saturated carbocycles. The summed E-state index contributed by atoms with van der Waals surface area (Å²) in [6.45, 7) is 5.97. The van der Waals surface area contributed by atoms with Gasteiger partial charge in [-0.3, -0.25) is 0 Å². The molecular weight excluding hydrogens is 214 g/mol. The lowest BCUT2D eigenvalue weighted by atomic mass is 10.0. The maximum absolute atomic E-state index is 10.0. The van der Waals surface area contributed by atoms with E-state index >= 15 is 0 Å². The van der Waals surface area contributed by atoms with Crippen molar-refractivity contribution in [3.05, 3.63) is 29.8 Å². The maximum Gasteiger partial charge on any atom is 0.0807 e. The minimum atomic E-state index is -0.408. The molecule has 0 amide bonds. The summed E-state index contributed by atoms with van der Waals surface area (Å²) in [5.74, 6) is 0. The highest BCUT2D eigenvalue weighted by atomic mass is 16.3. The van der Waals surface area contributed by atoms with Crippen molar-refractivity contribution in [3.8, 4) is 0 Å². The number of hydrogen-bond donors (Lipinski definition) is 2. The predicted octanol–water partition coefficient (Wildman–Crippen LogP) is 2.34. The van der Waals surface area contributed by atoms with Gasteiger partial charge in [0.15, 0.2) is 0 Å². The van der Waals surface area contributed by atoms with Crippen molar-refractivity contribution < 1.29 is 10.2 Å². The van der Waals surface area contributed by atoms with Gasteiger partial charge in [0.25, 0.3) is 0 Å². The number of aliphatic hydroxyl groups is 2. The molecule has 1 atom stereocenters. The van der Waals surface area contributed by atoms with Crippen molar-refractivity contribution in [2.24, 2.45) is 0 Å². The Morgan fingerprint density at radius 3 is 2.53 bits per heavy atom. The molecule has 3 heteroatoms. The van der Waals surface area contributed by atoms with Crippen LogP contribution in [0.4, 0.5) is 5.69 Å². The highest BCUT2D eigenvalue weighted by molar-refractivity contribution is 5.54. The van der Waals surface area contributed by atoms with Gasteiger partial charge in [0.05, 0.1) is 6.10 Å². The average molecular weight is 237 g/mol. The molecule has 3 nitrogen and oxygen atoms in total. The molecule has 0 aliphatic heterocycles. The summed E-state index contributed by atoms with van der Waals surface area (Å²) in [5.41, 5.74) is 2.06. The summed E-state index contributed by atoms with van der Waals surface area (Å²) in [4.78, 5) is 2.20. The molecule has 0 saturated heterocycles. The van der Waals surface area contributed by atoms with Crippen LogP contribution in [0.1, 0.15) is 38.4 Å². The first-order valence-electron chi connectivity index (χ1n) is 6.37. The van der Waals surface area contributed by atoms with Crippen molar-refractivity contribution in [1.29, 1.82) is 0 Å². The van der Waals surface area contributed by atoms with E-state index in [1.165, 1.54) is 0 Å². The van der Waals surface area contributed by atoms with Crippen LogP contribution in [0.3, 0.4) is 0 Å². The number of aliphatic hydroxyl groups excluding tert-OH is 2. The second-order valence-corrected chi connectivity index (χ2v) is 4.14. The molecule has 96 valence electrons. The van der Waals surface area contributed by atoms with E-state index in [-0.39, 0.29) is 6.61 Å². The summed E-state index contributed by atoms with van der Waals surface area (Å²) in [6, 6.07) is 7.96. The van der Waals surface area contributed by atoms with E-state index < -0.39 is 6.10 Å². The van der Waals surface area contributed by atoms with Gasteiger partial charge in [0.2, 0.25) is 0 Å². The van der Waals surface area contributed by atoms with Crippen molar-refractivity contribution in [2.75, 3.05) is 24.6 Å². The second-order valence-electron chi connectivity index (χ2n) is 4.14. The average Bonchev–Trinajstić information content (AvgIpc) is 2.39. The van der Waals surface area contributed by atoms with Gasteiger partial charge < -0.3 is 15.1 Å². The summed E-state index contributed by atoms with van der Waals surface area (Å²) in [5, 5.41) is 18.9. The van der Waals surface area contributed by atoms with Crippen LogP contribution in [0.2, 0.25) is 0 Å². The number of nitrogens with zero attached hydrogens (tertiary/aromatic N) is 1. The minimum absolute atomic E-state index is 0.203. The van der Waals surface area contributed by atoms with Crippen molar-refractivity contribution in [1.82, 2.24) is 0 Å². The lowest BCUT2D eigenvalue weighted by Crippen LogP contribution is -2.26. The molecule has 0 aliphatic rings. The lowest BCUT2D eigenvalue weighted by molar-refractivity contribution is 0.174. The van der Waals surface area contributed by atoms with E-state index in [0.717, 1.165) is 30.8 Å². The second kappa shape index (κ2) is 7.30. The Bertz CT molecular complexity index is 328. The summed E-state index contributed by atoms with van der Waals surface area (Å²) in [7, 11) is 0. The zero-order valence-electron chi connectivity index (χ0n) is 10.8. The Morgan fingerprint density at radius 1 is 1.24 bits per heavy atom. The lowest BCUT2D eigenvalue weighted by Gasteiger charge is -2.27. The SMILES string of the molecule is CCC(O)c1ccccc1N(CC)CCCO. The Labute approximate surface area is 104 Å². The number of hydrogen-bond acceptors (Lipinski definition) is 3. The summed E-state index contributed by atoms with van der Waals surface area (Å²) >= 11 is 0. The van der Waals surface area contributed by atoms with Gasteiger partial charge in [-0.25, -0.2) is 0 Å². The molecular formula is C14H23NO2. The molecule has 1 unspecified atom stereocenters. The molecule has 0 radical (unpaired) electrons. The van der Waals surface area contributed by atoms with Crippen LogP contribution in [0, 0.1) is 0 Å². The summed E-state index contributed by atoms with van der Waals surface area (Å²) < 4.78 is 0. The molecule has 17 heavy (non-hydrogen) atoms. The Kier molecular flexibility index (Phi) is 6.01. The van der Waals surface area contributed by atoms with Crippen LogP contribution in [0.25, 0.3) is 0 Å². The van der Waals surface area contributed by atoms with E-state index in [9.17, 15) is 5.11 Å². The number of para-hydroxylation sites is 1. The van der Waals surface area contributed by atoms with Crippen LogP contribution in [0.5, 0.6) is 0 Å². The third-order valence-electron chi connectivity index (χ3n) is 2.99. The molecule has 0 fully saturated rings. The fourth-order valence-corrected chi connectivity index (χ4v) is 1.99. The number of benzene rings is 1. The van der Waals surface area contributed by atoms with E-state index in [2.05, 4.69) is 11.8 Å².